The first-order valence-electron chi connectivity index (χ1n) is 4.89. The van der Waals surface area contributed by atoms with E-state index in [-0.39, 0.29) is 23.7 Å². The Hall–Kier alpha value is -2.62. The fourth-order valence-corrected chi connectivity index (χ4v) is 1.29. The monoisotopic (exact) mass is 249 g/mol. The molecule has 94 valence electrons. The van der Waals surface area contributed by atoms with Gasteiger partial charge in [-0.25, -0.2) is 9.78 Å². The van der Waals surface area contributed by atoms with Crippen molar-refractivity contribution in [3.8, 4) is 12.3 Å². The third kappa shape index (κ3) is 2.74. The van der Waals surface area contributed by atoms with Gasteiger partial charge in [0.05, 0.1) is 18.6 Å². The van der Waals surface area contributed by atoms with Crippen molar-refractivity contribution in [2.24, 2.45) is 0 Å². The lowest BCUT2D eigenvalue weighted by Crippen LogP contribution is -2.21. The summed E-state index contributed by atoms with van der Waals surface area (Å²) in [5, 5.41) is 10.9. The molecule has 0 fully saturated rings. The number of pyridine rings is 1. The molecule has 0 aromatic carbocycles. The quantitative estimate of drug-likeness (QED) is 0.340. The summed E-state index contributed by atoms with van der Waals surface area (Å²) in [5.41, 5.74) is -0.234. The van der Waals surface area contributed by atoms with Gasteiger partial charge in [-0.2, -0.15) is 0 Å². The molecule has 0 spiro atoms. The van der Waals surface area contributed by atoms with Crippen LogP contribution in [0.25, 0.3) is 0 Å². The lowest BCUT2D eigenvalue weighted by atomic mass is 10.3. The number of nitrogens with zero attached hydrogens (tertiary/aromatic N) is 3. The van der Waals surface area contributed by atoms with Crippen molar-refractivity contribution in [2.45, 2.75) is 0 Å². The second-order valence-corrected chi connectivity index (χ2v) is 3.35. The van der Waals surface area contributed by atoms with Crippen molar-refractivity contribution in [3.05, 3.63) is 27.9 Å². The van der Waals surface area contributed by atoms with Crippen LogP contribution in [-0.2, 0) is 4.74 Å². The molecule has 0 N–H and O–H groups in total. The summed E-state index contributed by atoms with van der Waals surface area (Å²) in [6.07, 6.45) is 5.14. The van der Waals surface area contributed by atoms with E-state index in [1.54, 1.807) is 7.05 Å². The number of aromatic nitrogens is 1. The normalized spacial score (nSPS) is 9.39. The van der Waals surface area contributed by atoms with E-state index in [0.717, 1.165) is 0 Å². The van der Waals surface area contributed by atoms with Crippen LogP contribution in [0.2, 0.25) is 0 Å². The van der Waals surface area contributed by atoms with Crippen LogP contribution in [0.1, 0.15) is 10.5 Å². The van der Waals surface area contributed by atoms with Crippen molar-refractivity contribution in [1.29, 1.82) is 0 Å². The smallest absolute Gasteiger partial charge is 0.356 e. The summed E-state index contributed by atoms with van der Waals surface area (Å²) in [4.78, 5) is 26.9. The maximum atomic E-state index is 11.3. The number of carbonyl (C=O) groups is 1. The lowest BCUT2D eigenvalue weighted by Gasteiger charge is -2.15. The molecule has 0 atom stereocenters. The molecule has 7 heteroatoms. The van der Waals surface area contributed by atoms with Crippen LogP contribution >= 0.6 is 0 Å². The van der Waals surface area contributed by atoms with Crippen molar-refractivity contribution >= 4 is 17.5 Å². The molecule has 0 saturated carbocycles. The molecule has 0 amide bonds. The Morgan fingerprint density at radius 2 is 2.33 bits per heavy atom. The van der Waals surface area contributed by atoms with Crippen molar-refractivity contribution in [1.82, 2.24) is 4.98 Å². The highest BCUT2D eigenvalue weighted by Gasteiger charge is 2.21. The minimum Gasteiger partial charge on any atom is -0.464 e. The maximum Gasteiger partial charge on any atom is 0.356 e. The van der Waals surface area contributed by atoms with Gasteiger partial charge in [-0.15, -0.1) is 6.42 Å². The minimum atomic E-state index is -0.666. The molecule has 1 aromatic rings. The SMILES string of the molecule is C#CCN(C)c1nc(C(=O)OC)ccc1[N+](=O)[O-]. The topological polar surface area (TPSA) is 85.6 Å². The molecule has 0 aliphatic carbocycles. The van der Waals surface area contributed by atoms with Crippen LogP contribution in [0.4, 0.5) is 11.5 Å². The highest BCUT2D eigenvalue weighted by molar-refractivity contribution is 5.88. The number of nitro groups is 1. The number of esters is 1. The molecule has 1 rings (SSSR count). The molecule has 0 aliphatic heterocycles. The predicted molar refractivity (Wildman–Crippen MR) is 64.3 cm³/mol. The van der Waals surface area contributed by atoms with Gasteiger partial charge in [0.1, 0.15) is 0 Å². The summed E-state index contributed by atoms with van der Waals surface area (Å²) in [6, 6.07) is 2.43. The number of carbonyl (C=O) groups excluding carboxylic acids is 1. The Morgan fingerprint density at radius 3 is 2.83 bits per heavy atom. The second kappa shape index (κ2) is 5.63. The zero-order valence-electron chi connectivity index (χ0n) is 9.91. The molecule has 7 nitrogen and oxygen atoms in total. The zero-order valence-corrected chi connectivity index (χ0v) is 9.91. The van der Waals surface area contributed by atoms with Gasteiger partial charge in [-0.1, -0.05) is 5.92 Å². The molecular formula is C11H11N3O4. The van der Waals surface area contributed by atoms with Crippen LogP contribution in [-0.4, -0.2) is 36.6 Å². The zero-order chi connectivity index (χ0) is 13.7. The average molecular weight is 249 g/mol. The highest BCUT2D eigenvalue weighted by Crippen LogP contribution is 2.25. The van der Waals surface area contributed by atoms with E-state index in [1.807, 2.05) is 0 Å². The Kier molecular flexibility index (Phi) is 4.21. The Bertz CT molecular complexity index is 522. The Balaban J connectivity index is 3.28. The maximum absolute atomic E-state index is 11.3. The van der Waals surface area contributed by atoms with Gasteiger partial charge in [0.15, 0.2) is 5.69 Å². The van der Waals surface area contributed by atoms with E-state index in [4.69, 9.17) is 6.42 Å². The fourth-order valence-electron chi connectivity index (χ4n) is 1.29. The van der Waals surface area contributed by atoms with Gasteiger partial charge < -0.3 is 9.64 Å². The van der Waals surface area contributed by atoms with Gasteiger partial charge in [0.2, 0.25) is 5.82 Å². The summed E-state index contributed by atoms with van der Waals surface area (Å²) < 4.78 is 4.50. The Labute approximate surface area is 104 Å². The van der Waals surface area contributed by atoms with Gasteiger partial charge >= 0.3 is 11.7 Å². The van der Waals surface area contributed by atoms with Crippen molar-refractivity contribution in [3.63, 3.8) is 0 Å². The number of methoxy groups -OCH3 is 1. The predicted octanol–water partition coefficient (Wildman–Crippen LogP) is 0.846. The molecule has 0 saturated heterocycles. The average Bonchev–Trinajstić information content (AvgIpc) is 2.37. The highest BCUT2D eigenvalue weighted by atomic mass is 16.6. The third-order valence-electron chi connectivity index (χ3n) is 2.14. The fraction of sp³-hybridized carbons (Fsp3) is 0.273. The number of terminal acetylenes is 1. The first kappa shape index (κ1) is 13.4. The summed E-state index contributed by atoms with van der Waals surface area (Å²) in [6.45, 7) is 0.137. The molecule has 0 unspecified atom stereocenters. The number of rotatable bonds is 4. The van der Waals surface area contributed by atoms with E-state index >= 15 is 0 Å². The molecule has 1 aromatic heterocycles. The third-order valence-corrected chi connectivity index (χ3v) is 2.14. The van der Waals surface area contributed by atoms with Crippen LogP contribution in [0.5, 0.6) is 0 Å². The van der Waals surface area contributed by atoms with Crippen LogP contribution in [0, 0.1) is 22.5 Å². The number of hydrogen-bond donors (Lipinski definition) is 0. The minimum absolute atomic E-state index is 0.0121. The van der Waals surface area contributed by atoms with E-state index in [0.29, 0.717) is 0 Å². The summed E-state index contributed by atoms with van der Waals surface area (Å²) in [7, 11) is 2.76. The molecule has 1 heterocycles. The first-order chi connectivity index (χ1) is 8.51. The number of anilines is 1. The molecule has 18 heavy (non-hydrogen) atoms. The van der Waals surface area contributed by atoms with E-state index < -0.39 is 10.9 Å². The number of ether oxygens (including phenoxy) is 1. The van der Waals surface area contributed by atoms with E-state index in [2.05, 4.69) is 15.6 Å². The van der Waals surface area contributed by atoms with Crippen molar-refractivity contribution < 1.29 is 14.5 Å². The summed E-state index contributed by atoms with van der Waals surface area (Å²) >= 11 is 0. The van der Waals surface area contributed by atoms with Gasteiger partial charge in [-0.05, 0) is 6.07 Å². The van der Waals surface area contributed by atoms with E-state index in [1.165, 1.54) is 24.1 Å². The standard InChI is InChI=1S/C11H11N3O4/c1-4-7-13(2)10-9(14(16)17)6-5-8(12-10)11(15)18-3/h1,5-6H,7H2,2-3H3. The largest absolute Gasteiger partial charge is 0.464 e. The van der Waals surface area contributed by atoms with Gasteiger partial charge in [-0.3, -0.25) is 10.1 Å². The van der Waals surface area contributed by atoms with Gasteiger partial charge in [0, 0.05) is 13.1 Å². The van der Waals surface area contributed by atoms with Crippen molar-refractivity contribution in [2.75, 3.05) is 25.6 Å². The van der Waals surface area contributed by atoms with E-state index in [9.17, 15) is 14.9 Å². The Morgan fingerprint density at radius 1 is 1.67 bits per heavy atom. The summed E-state index contributed by atoms with van der Waals surface area (Å²) in [5.74, 6) is 1.70. The lowest BCUT2D eigenvalue weighted by molar-refractivity contribution is -0.384. The van der Waals surface area contributed by atoms with Gasteiger partial charge in [0.25, 0.3) is 0 Å². The number of hydrogen-bond acceptors (Lipinski definition) is 6. The second-order valence-electron chi connectivity index (χ2n) is 3.35. The molecule has 0 radical (unpaired) electrons. The molecule has 0 aliphatic rings. The molecular weight excluding hydrogens is 238 g/mol. The van der Waals surface area contributed by atoms with Crippen LogP contribution in [0.15, 0.2) is 12.1 Å². The first-order valence-corrected chi connectivity index (χ1v) is 4.89. The molecule has 0 bridgehead atoms. The van der Waals surface area contributed by atoms with Crippen LogP contribution in [0.3, 0.4) is 0 Å². The van der Waals surface area contributed by atoms with Crippen LogP contribution < -0.4 is 4.90 Å².